The van der Waals surface area contributed by atoms with E-state index in [1.165, 1.54) is 4.90 Å². The summed E-state index contributed by atoms with van der Waals surface area (Å²) in [5.41, 5.74) is 3.91. The van der Waals surface area contributed by atoms with Gasteiger partial charge in [0.05, 0.1) is 11.9 Å². The van der Waals surface area contributed by atoms with Crippen molar-refractivity contribution >= 4 is 27.5 Å². The second-order valence-corrected chi connectivity index (χ2v) is 11.0. The first-order valence-corrected chi connectivity index (χ1v) is 13.4. The largest absolute Gasteiger partial charge is 0.352 e. The molecule has 186 valence electrons. The summed E-state index contributed by atoms with van der Waals surface area (Å²) in [6.45, 7) is 11.0. The number of hydrogen-bond donors (Lipinski definition) is 1. The van der Waals surface area contributed by atoms with E-state index in [4.69, 9.17) is 0 Å². The minimum absolute atomic E-state index is 0.0842. The first kappa shape index (κ1) is 27.4. The Bertz CT molecular complexity index is 1110. The maximum absolute atomic E-state index is 13.7. The Hall–Kier alpha value is -2.87. The van der Waals surface area contributed by atoms with Gasteiger partial charge in [0, 0.05) is 12.6 Å². The molecule has 0 fully saturated rings. The van der Waals surface area contributed by atoms with Crippen LogP contribution in [-0.2, 0) is 26.2 Å². The second kappa shape index (κ2) is 11.5. The monoisotopic (exact) mass is 487 g/mol. The van der Waals surface area contributed by atoms with Gasteiger partial charge >= 0.3 is 0 Å². The number of aryl methyl sites for hydroxylation is 3. The molecule has 7 nitrogen and oxygen atoms in total. The first-order valence-electron chi connectivity index (χ1n) is 11.5. The third-order valence-corrected chi connectivity index (χ3v) is 6.90. The zero-order chi connectivity index (χ0) is 25.6. The van der Waals surface area contributed by atoms with Crippen molar-refractivity contribution in [3.63, 3.8) is 0 Å². The summed E-state index contributed by atoms with van der Waals surface area (Å²) < 4.78 is 26.8. The topological polar surface area (TPSA) is 86.8 Å². The number of anilines is 1. The predicted octanol–water partition coefficient (Wildman–Crippen LogP) is 3.71. The maximum Gasteiger partial charge on any atom is 0.244 e. The average molecular weight is 488 g/mol. The smallest absolute Gasteiger partial charge is 0.244 e. The number of sulfonamides is 1. The van der Waals surface area contributed by atoms with E-state index in [1.54, 1.807) is 0 Å². The van der Waals surface area contributed by atoms with Crippen LogP contribution in [0.2, 0.25) is 0 Å². The lowest BCUT2D eigenvalue weighted by atomic mass is 10.1. The van der Waals surface area contributed by atoms with Gasteiger partial charge in [0.2, 0.25) is 21.8 Å². The Labute approximate surface area is 204 Å². The number of hydrogen-bond acceptors (Lipinski definition) is 4. The quantitative estimate of drug-likeness (QED) is 0.554. The van der Waals surface area contributed by atoms with E-state index in [9.17, 15) is 18.0 Å². The third-order valence-electron chi connectivity index (χ3n) is 5.79. The number of rotatable bonds is 10. The molecule has 1 N–H and O–H groups in total. The molecule has 0 aliphatic carbocycles. The summed E-state index contributed by atoms with van der Waals surface area (Å²) in [7, 11) is -3.76. The van der Waals surface area contributed by atoms with E-state index in [0.717, 1.165) is 32.8 Å². The summed E-state index contributed by atoms with van der Waals surface area (Å²) in [5.74, 6) is -0.681. The van der Waals surface area contributed by atoms with Gasteiger partial charge in [-0.25, -0.2) is 8.42 Å². The molecule has 0 radical (unpaired) electrons. The van der Waals surface area contributed by atoms with Crippen LogP contribution in [0, 0.1) is 20.8 Å². The number of carbonyl (C=O) groups is 2. The Kier molecular flexibility index (Phi) is 9.27. The summed E-state index contributed by atoms with van der Waals surface area (Å²) in [4.78, 5) is 28.3. The molecule has 8 heteroatoms. The molecule has 0 spiro atoms. The highest BCUT2D eigenvalue weighted by Crippen LogP contribution is 2.27. The Balaban J connectivity index is 2.52. The molecule has 1 atom stereocenters. The van der Waals surface area contributed by atoms with Gasteiger partial charge in [-0.15, -0.1) is 0 Å². The molecule has 0 bridgehead atoms. The van der Waals surface area contributed by atoms with Crippen molar-refractivity contribution in [3.05, 3.63) is 64.7 Å². The molecule has 2 aromatic rings. The molecule has 2 amide bonds. The minimum Gasteiger partial charge on any atom is -0.352 e. The van der Waals surface area contributed by atoms with Gasteiger partial charge < -0.3 is 10.2 Å². The van der Waals surface area contributed by atoms with Gasteiger partial charge in [-0.1, -0.05) is 49.4 Å². The maximum atomic E-state index is 13.7. The molecule has 0 saturated carbocycles. The van der Waals surface area contributed by atoms with Crippen molar-refractivity contribution in [2.75, 3.05) is 17.1 Å². The third kappa shape index (κ3) is 6.82. The van der Waals surface area contributed by atoms with E-state index < -0.39 is 22.0 Å². The number of nitrogens with one attached hydrogen (secondary N) is 1. The molecule has 2 rings (SSSR count). The number of carbonyl (C=O) groups excluding carboxylic acids is 2. The average Bonchev–Trinajstić information content (AvgIpc) is 2.72. The fourth-order valence-electron chi connectivity index (χ4n) is 4.05. The number of para-hydroxylation sites is 1. The van der Waals surface area contributed by atoms with E-state index >= 15 is 0 Å². The van der Waals surface area contributed by atoms with Crippen LogP contribution in [0.3, 0.4) is 0 Å². The normalized spacial score (nSPS) is 12.4. The van der Waals surface area contributed by atoms with Crippen LogP contribution in [0.5, 0.6) is 0 Å². The zero-order valence-corrected chi connectivity index (χ0v) is 22.1. The van der Waals surface area contributed by atoms with E-state index in [1.807, 2.05) is 84.0 Å². The van der Waals surface area contributed by atoms with Crippen LogP contribution >= 0.6 is 0 Å². The van der Waals surface area contributed by atoms with Crippen molar-refractivity contribution in [3.8, 4) is 0 Å². The Morgan fingerprint density at radius 1 is 0.941 bits per heavy atom. The van der Waals surface area contributed by atoms with E-state index in [2.05, 4.69) is 5.32 Å². The summed E-state index contributed by atoms with van der Waals surface area (Å²) >= 11 is 0. The predicted molar refractivity (Wildman–Crippen MR) is 137 cm³/mol. The van der Waals surface area contributed by atoms with Crippen LogP contribution in [0.4, 0.5) is 5.69 Å². The van der Waals surface area contributed by atoms with Crippen LogP contribution < -0.4 is 9.62 Å². The molecule has 0 aliphatic heterocycles. The standard InChI is InChI=1S/C26H37N3O4S/c1-8-23(26(31)27-18(2)3)28(16-22-15-10-9-12-19(22)4)24(30)17-29(34(7,32)33)25-20(5)13-11-14-21(25)6/h9-15,18,23H,8,16-17H2,1-7H3,(H,27,31). The second-order valence-electron chi connectivity index (χ2n) is 9.05. The first-order chi connectivity index (χ1) is 15.9. The highest BCUT2D eigenvalue weighted by atomic mass is 32.2. The SMILES string of the molecule is CCC(C(=O)NC(C)C)N(Cc1ccccc1C)C(=O)CN(c1c(C)cccc1C)S(C)(=O)=O. The van der Waals surface area contributed by atoms with Crippen molar-refractivity contribution in [1.29, 1.82) is 0 Å². The molecular formula is C26H37N3O4S. The fourth-order valence-corrected chi connectivity index (χ4v) is 5.01. The number of benzene rings is 2. The van der Waals surface area contributed by atoms with Crippen molar-refractivity contribution in [2.24, 2.45) is 0 Å². The van der Waals surface area contributed by atoms with Crippen molar-refractivity contribution < 1.29 is 18.0 Å². The highest BCUT2D eigenvalue weighted by Gasteiger charge is 2.32. The minimum atomic E-state index is -3.76. The van der Waals surface area contributed by atoms with Crippen molar-refractivity contribution in [2.45, 2.75) is 66.6 Å². The van der Waals surface area contributed by atoms with Gasteiger partial charge in [-0.2, -0.15) is 0 Å². The molecule has 34 heavy (non-hydrogen) atoms. The van der Waals surface area contributed by atoms with Crippen LogP contribution in [0.15, 0.2) is 42.5 Å². The van der Waals surface area contributed by atoms with Gasteiger partial charge in [0.1, 0.15) is 12.6 Å². The Morgan fingerprint density at radius 2 is 1.50 bits per heavy atom. The van der Waals surface area contributed by atoms with Crippen LogP contribution in [0.25, 0.3) is 0 Å². The summed E-state index contributed by atoms with van der Waals surface area (Å²) in [6.07, 6.45) is 1.50. The highest BCUT2D eigenvalue weighted by molar-refractivity contribution is 7.92. The zero-order valence-electron chi connectivity index (χ0n) is 21.3. The molecule has 0 aromatic heterocycles. The molecule has 2 aromatic carbocycles. The lowest BCUT2D eigenvalue weighted by molar-refractivity contribution is -0.140. The lowest BCUT2D eigenvalue weighted by Gasteiger charge is -2.34. The molecule has 0 aliphatic rings. The van der Waals surface area contributed by atoms with Gasteiger partial charge in [-0.05, 0) is 63.3 Å². The van der Waals surface area contributed by atoms with Gasteiger partial charge in [-0.3, -0.25) is 13.9 Å². The number of amides is 2. The van der Waals surface area contributed by atoms with Crippen molar-refractivity contribution in [1.82, 2.24) is 10.2 Å². The Morgan fingerprint density at radius 3 is 2.00 bits per heavy atom. The van der Waals surface area contributed by atoms with Gasteiger partial charge in [0.15, 0.2) is 0 Å². The molecular weight excluding hydrogens is 450 g/mol. The lowest BCUT2D eigenvalue weighted by Crippen LogP contribution is -2.53. The molecule has 1 unspecified atom stereocenters. The van der Waals surface area contributed by atoms with Crippen LogP contribution in [-0.4, -0.2) is 50.0 Å². The summed E-state index contributed by atoms with van der Waals surface area (Å²) in [6, 6.07) is 12.4. The van der Waals surface area contributed by atoms with Crippen LogP contribution in [0.1, 0.15) is 49.4 Å². The molecule has 0 saturated heterocycles. The van der Waals surface area contributed by atoms with E-state index in [-0.39, 0.29) is 25.0 Å². The van der Waals surface area contributed by atoms with Gasteiger partial charge in [0.25, 0.3) is 0 Å². The molecule has 0 heterocycles. The number of nitrogens with zero attached hydrogens (tertiary/aromatic N) is 2. The van der Waals surface area contributed by atoms with E-state index in [0.29, 0.717) is 12.1 Å². The fraction of sp³-hybridized carbons (Fsp3) is 0.462. The summed E-state index contributed by atoms with van der Waals surface area (Å²) in [5, 5.41) is 2.90.